The largest absolute Gasteiger partial charge is 0.457 e. The minimum atomic E-state index is -0.410. The van der Waals surface area contributed by atoms with Crippen molar-refractivity contribution in [2.75, 3.05) is 35.7 Å². The van der Waals surface area contributed by atoms with Crippen molar-refractivity contribution in [3.63, 3.8) is 0 Å². The van der Waals surface area contributed by atoms with Gasteiger partial charge in [0.25, 0.3) is 0 Å². The number of benzene rings is 3. The highest BCUT2D eigenvalue weighted by Crippen LogP contribution is 2.35. The minimum Gasteiger partial charge on any atom is -0.457 e. The summed E-state index contributed by atoms with van der Waals surface area (Å²) in [5, 5.41) is 17.8. The zero-order chi connectivity index (χ0) is 35.7. The van der Waals surface area contributed by atoms with Crippen molar-refractivity contribution in [1.82, 2.24) is 20.1 Å². The van der Waals surface area contributed by atoms with Crippen molar-refractivity contribution < 1.29 is 23.9 Å². The van der Waals surface area contributed by atoms with Crippen molar-refractivity contribution in [2.24, 2.45) is 5.92 Å². The van der Waals surface area contributed by atoms with E-state index in [9.17, 15) is 14.4 Å². The van der Waals surface area contributed by atoms with Gasteiger partial charge in [-0.1, -0.05) is 77.9 Å². The molecule has 0 bridgehead atoms. The van der Waals surface area contributed by atoms with Crippen molar-refractivity contribution in [1.29, 1.82) is 0 Å². The number of pyridine rings is 1. The summed E-state index contributed by atoms with van der Waals surface area (Å²) in [5.41, 5.74) is 3.48. The maximum atomic E-state index is 13.5. The summed E-state index contributed by atoms with van der Waals surface area (Å²) in [6, 6.07) is 24.0. The normalized spacial score (nSPS) is 13.7. The van der Waals surface area contributed by atoms with Crippen LogP contribution in [0.15, 0.2) is 85.1 Å². The molecule has 4 N–H and O–H groups in total. The average molecular weight is 802 g/mol. The molecule has 0 spiro atoms. The van der Waals surface area contributed by atoms with E-state index in [2.05, 4.69) is 55.8 Å². The van der Waals surface area contributed by atoms with Gasteiger partial charge in [0.2, 0.25) is 11.8 Å². The number of nitrogens with one attached hydrogen (secondary N) is 4. The lowest BCUT2D eigenvalue weighted by Gasteiger charge is -2.21. The molecule has 5 aromatic rings. The van der Waals surface area contributed by atoms with Gasteiger partial charge in [0.1, 0.15) is 23.1 Å². The number of halogens is 1. The Morgan fingerprint density at radius 1 is 0.961 bits per heavy atom. The van der Waals surface area contributed by atoms with Crippen LogP contribution in [0.4, 0.5) is 22.1 Å². The molecule has 1 atom stereocenters. The standard InChI is InChI=1S/C38H40IN7O5/c1-3-6-30(39)32-22-35(46(45-32)26-11-9-24(2)10-12-26)44-38(49)42-31-13-14-33(29-8-5-4-7-28(29)31)51-27-15-18-40-34(21-27)43-36(47)23-41-37(48)25-16-19-50-20-17-25/h4-5,7-15,18,21-22,25,30H,3,6,16-17,19-20,23H2,1-2H3,(H,41,48)(H,40,43,47)(H2,42,44,49). The minimum absolute atomic E-state index is 0.145. The Balaban J connectivity index is 1.14. The molecular formula is C38H40IN7O5. The predicted octanol–water partition coefficient (Wildman–Crippen LogP) is 7.92. The molecule has 264 valence electrons. The first-order valence-electron chi connectivity index (χ1n) is 17.0. The van der Waals surface area contributed by atoms with Crippen molar-refractivity contribution in [3.05, 3.63) is 96.3 Å². The van der Waals surface area contributed by atoms with E-state index in [1.807, 2.05) is 61.5 Å². The fraction of sp³-hybridized carbons (Fsp3) is 0.289. The molecule has 3 aromatic carbocycles. The first-order chi connectivity index (χ1) is 24.8. The first kappa shape index (κ1) is 35.8. The number of aryl methyl sites for hydroxylation is 1. The molecule has 4 amide bonds. The molecule has 0 aliphatic carbocycles. The highest BCUT2D eigenvalue weighted by atomic mass is 127. The smallest absolute Gasteiger partial charge is 0.324 e. The number of hydrogen-bond acceptors (Lipinski definition) is 7. The number of urea groups is 1. The molecular weight excluding hydrogens is 761 g/mol. The van der Waals surface area contributed by atoms with Gasteiger partial charge >= 0.3 is 6.03 Å². The van der Waals surface area contributed by atoms with Crippen LogP contribution in [0.5, 0.6) is 11.5 Å². The molecule has 6 rings (SSSR count). The van der Waals surface area contributed by atoms with E-state index >= 15 is 0 Å². The number of alkyl halides is 1. The molecule has 1 aliphatic rings. The van der Waals surface area contributed by atoms with E-state index in [-0.39, 0.29) is 28.1 Å². The number of aromatic nitrogens is 3. The van der Waals surface area contributed by atoms with Gasteiger partial charge in [-0.15, -0.1) is 0 Å². The second-order valence-corrected chi connectivity index (χ2v) is 13.8. The van der Waals surface area contributed by atoms with E-state index in [0.29, 0.717) is 49.1 Å². The van der Waals surface area contributed by atoms with Crippen LogP contribution in [-0.4, -0.2) is 52.4 Å². The highest BCUT2D eigenvalue weighted by Gasteiger charge is 2.22. The predicted molar refractivity (Wildman–Crippen MR) is 206 cm³/mol. The molecule has 51 heavy (non-hydrogen) atoms. The van der Waals surface area contributed by atoms with Gasteiger partial charge in [-0.3, -0.25) is 14.9 Å². The number of carbonyl (C=O) groups is 3. The zero-order valence-corrected chi connectivity index (χ0v) is 30.6. The van der Waals surface area contributed by atoms with Crippen molar-refractivity contribution in [3.8, 4) is 17.2 Å². The van der Waals surface area contributed by atoms with Gasteiger partial charge in [0, 0.05) is 48.2 Å². The molecule has 1 saturated heterocycles. The lowest BCUT2D eigenvalue weighted by Crippen LogP contribution is -2.38. The molecule has 3 heterocycles. The van der Waals surface area contributed by atoms with Gasteiger partial charge in [0.05, 0.1) is 27.5 Å². The van der Waals surface area contributed by atoms with E-state index in [4.69, 9.17) is 14.6 Å². The molecule has 1 aliphatic heterocycles. The molecule has 13 heteroatoms. The number of hydrogen-bond donors (Lipinski definition) is 4. The third-order valence-electron chi connectivity index (χ3n) is 8.49. The summed E-state index contributed by atoms with van der Waals surface area (Å²) in [7, 11) is 0. The molecule has 0 radical (unpaired) electrons. The Hall–Kier alpha value is -5.02. The Labute approximate surface area is 309 Å². The monoisotopic (exact) mass is 801 g/mol. The van der Waals surface area contributed by atoms with Crippen LogP contribution >= 0.6 is 22.6 Å². The molecule has 1 unspecified atom stereocenters. The third-order valence-corrected chi connectivity index (χ3v) is 9.75. The lowest BCUT2D eigenvalue weighted by molar-refractivity contribution is -0.129. The molecule has 0 saturated carbocycles. The second-order valence-electron chi connectivity index (χ2n) is 12.3. The molecule has 12 nitrogen and oxygen atoms in total. The van der Waals surface area contributed by atoms with Gasteiger partial charge < -0.3 is 25.4 Å². The number of ether oxygens (including phenoxy) is 2. The number of fused-ring (bicyclic) bond motifs is 1. The van der Waals surface area contributed by atoms with Gasteiger partial charge in [0.15, 0.2) is 0 Å². The van der Waals surface area contributed by atoms with Gasteiger partial charge in [-0.05, 0) is 56.5 Å². The van der Waals surface area contributed by atoms with Gasteiger partial charge in [-0.2, -0.15) is 5.10 Å². The van der Waals surface area contributed by atoms with E-state index < -0.39 is 11.9 Å². The zero-order valence-electron chi connectivity index (χ0n) is 28.4. The first-order valence-corrected chi connectivity index (χ1v) is 18.2. The highest BCUT2D eigenvalue weighted by molar-refractivity contribution is 14.1. The lowest BCUT2D eigenvalue weighted by atomic mass is 9.99. The fourth-order valence-electron chi connectivity index (χ4n) is 5.79. The van der Waals surface area contributed by atoms with Crippen LogP contribution in [0, 0.1) is 12.8 Å². The number of amides is 4. The summed E-state index contributed by atoms with van der Waals surface area (Å²) < 4.78 is 13.5. The number of nitrogens with zero attached hydrogens (tertiary/aromatic N) is 3. The van der Waals surface area contributed by atoms with E-state index in [0.717, 1.165) is 40.6 Å². The Morgan fingerprint density at radius 2 is 1.73 bits per heavy atom. The van der Waals surface area contributed by atoms with Crippen LogP contribution in [-0.2, 0) is 14.3 Å². The summed E-state index contributed by atoms with van der Waals surface area (Å²) in [6.07, 6.45) is 4.83. The number of rotatable bonds is 12. The molecule has 1 fully saturated rings. The van der Waals surface area contributed by atoms with Crippen LogP contribution in [0.25, 0.3) is 16.5 Å². The topological polar surface area (TPSA) is 148 Å². The van der Waals surface area contributed by atoms with Gasteiger partial charge in [-0.25, -0.2) is 14.5 Å². The van der Waals surface area contributed by atoms with Crippen LogP contribution in [0.2, 0.25) is 0 Å². The maximum Gasteiger partial charge on any atom is 0.324 e. The second kappa shape index (κ2) is 16.8. The summed E-state index contributed by atoms with van der Waals surface area (Å²) in [5.74, 6) is 1.16. The number of anilines is 3. The van der Waals surface area contributed by atoms with Crippen LogP contribution in [0.1, 0.15) is 47.8 Å². The Kier molecular flexibility index (Phi) is 11.8. The van der Waals surface area contributed by atoms with Crippen molar-refractivity contribution in [2.45, 2.75) is 43.5 Å². The number of carbonyl (C=O) groups excluding carboxylic acids is 3. The maximum absolute atomic E-state index is 13.5. The SMILES string of the molecule is CCCC(I)c1cc(NC(=O)Nc2ccc(Oc3ccnc(NC(=O)CNC(=O)C4CCOCC4)c3)c3ccccc23)n(-c2ccc(C)cc2)n1. The van der Waals surface area contributed by atoms with Crippen molar-refractivity contribution >= 4 is 68.5 Å². The Morgan fingerprint density at radius 3 is 2.49 bits per heavy atom. The third kappa shape index (κ3) is 9.21. The quantitative estimate of drug-likeness (QED) is 0.0740. The summed E-state index contributed by atoms with van der Waals surface area (Å²) >= 11 is 2.40. The summed E-state index contributed by atoms with van der Waals surface area (Å²) in [6.45, 7) is 5.10. The molecule has 2 aromatic heterocycles. The van der Waals surface area contributed by atoms with Crippen LogP contribution < -0.4 is 26.0 Å². The average Bonchev–Trinajstić information content (AvgIpc) is 3.56. The van der Waals surface area contributed by atoms with Crippen LogP contribution in [0.3, 0.4) is 0 Å². The van der Waals surface area contributed by atoms with E-state index in [1.165, 1.54) is 6.20 Å². The fourth-order valence-corrected chi connectivity index (χ4v) is 6.72. The summed E-state index contributed by atoms with van der Waals surface area (Å²) in [4.78, 5) is 42.7. The Bertz CT molecular complexity index is 2010. The van der Waals surface area contributed by atoms with E-state index in [1.54, 1.807) is 28.9 Å².